The van der Waals surface area contributed by atoms with Gasteiger partial charge in [-0.3, -0.25) is 9.59 Å². The van der Waals surface area contributed by atoms with Crippen LogP contribution in [-0.4, -0.2) is 21.6 Å². The van der Waals surface area contributed by atoms with Crippen LogP contribution in [0.2, 0.25) is 0 Å². The Hall–Kier alpha value is -8.84. The smallest absolute Gasteiger partial charge is 0.197 e. The second-order valence-electron chi connectivity index (χ2n) is 17.9. The van der Waals surface area contributed by atoms with Gasteiger partial charge in [-0.2, -0.15) is 0 Å². The number of para-hydroxylation sites is 4. The highest BCUT2D eigenvalue weighted by Gasteiger charge is 2.42. The lowest BCUT2D eigenvalue weighted by Crippen LogP contribution is -2.74. The highest BCUT2D eigenvalue weighted by atomic mass is 28.3. The van der Waals surface area contributed by atoms with Crippen molar-refractivity contribution < 1.29 is 0 Å². The molecule has 0 N–H and O–H groups in total. The number of rotatable bonds is 6. The number of hydrogen-bond acceptors (Lipinski definition) is 2. The van der Waals surface area contributed by atoms with Crippen molar-refractivity contribution in [2.75, 3.05) is 0 Å². The molecule has 68 heavy (non-hydrogen) atoms. The van der Waals surface area contributed by atoms with E-state index in [0.717, 1.165) is 86.8 Å². The predicted molar refractivity (Wildman–Crippen MR) is 286 cm³/mol. The molecule has 0 aliphatic heterocycles. The molecule has 0 aliphatic carbocycles. The molecule has 0 saturated heterocycles. The average molecular weight is 886 g/mol. The van der Waals surface area contributed by atoms with Crippen LogP contribution in [0.1, 0.15) is 0 Å². The third-order valence-corrected chi connectivity index (χ3v) is 19.2. The number of benzene rings is 10. The van der Waals surface area contributed by atoms with Crippen LogP contribution in [0.4, 0.5) is 0 Å². The van der Waals surface area contributed by atoms with Crippen molar-refractivity contribution in [1.29, 1.82) is 0 Å². The van der Waals surface area contributed by atoms with Crippen LogP contribution in [0, 0.1) is 0 Å². The summed E-state index contributed by atoms with van der Waals surface area (Å²) >= 11 is 0. The number of fused-ring (bicyclic) bond motifs is 10. The van der Waals surface area contributed by atoms with Gasteiger partial charge in [0, 0.05) is 54.5 Å². The Morgan fingerprint density at radius 2 is 0.588 bits per heavy atom. The zero-order valence-electron chi connectivity index (χ0n) is 36.7. The van der Waals surface area contributed by atoms with Crippen LogP contribution in [0.5, 0.6) is 0 Å². The van der Waals surface area contributed by atoms with Gasteiger partial charge in [-0.1, -0.05) is 164 Å². The van der Waals surface area contributed by atoms with E-state index in [1.807, 2.05) is 0 Å². The van der Waals surface area contributed by atoms with E-state index in [-0.39, 0.29) is 10.9 Å². The summed E-state index contributed by atoms with van der Waals surface area (Å²) in [6.07, 6.45) is 0. The molecule has 0 saturated carbocycles. The van der Waals surface area contributed by atoms with E-state index in [1.165, 1.54) is 0 Å². The van der Waals surface area contributed by atoms with Crippen LogP contribution >= 0.6 is 0 Å². The molecule has 10 aromatic carbocycles. The lowest BCUT2D eigenvalue weighted by atomic mass is 10.0. The maximum Gasteiger partial charge on any atom is 0.197 e. The Labute approximate surface area is 390 Å². The van der Waals surface area contributed by atoms with Gasteiger partial charge >= 0.3 is 0 Å². The second-order valence-corrected chi connectivity index (χ2v) is 21.7. The molecule has 0 unspecified atom stereocenters. The number of pyridine rings is 2. The second kappa shape index (κ2) is 14.6. The van der Waals surface area contributed by atoms with E-state index >= 15 is 9.59 Å². The van der Waals surface area contributed by atoms with Crippen molar-refractivity contribution >= 4 is 111 Å². The molecule has 0 spiro atoms. The van der Waals surface area contributed by atoms with Crippen LogP contribution < -0.4 is 31.6 Å². The van der Waals surface area contributed by atoms with Crippen molar-refractivity contribution in [1.82, 2.24) is 13.5 Å². The summed E-state index contributed by atoms with van der Waals surface area (Å²) in [4.78, 5) is 31.7. The Kier molecular flexibility index (Phi) is 8.24. The lowest BCUT2D eigenvalue weighted by Gasteiger charge is -2.34. The molecule has 4 heterocycles. The van der Waals surface area contributed by atoms with Crippen LogP contribution in [0.15, 0.2) is 246 Å². The zero-order chi connectivity index (χ0) is 45.1. The molecule has 14 rings (SSSR count). The fraction of sp³-hybridized carbons (Fsp3) is 0. The molecular formula is C62H39N3O2Si. The number of nitrogens with zero attached hydrogens (tertiary/aromatic N) is 3. The zero-order valence-corrected chi connectivity index (χ0v) is 37.7. The van der Waals surface area contributed by atoms with E-state index < -0.39 is 8.07 Å². The molecule has 0 aliphatic rings. The Balaban J connectivity index is 1.16. The van der Waals surface area contributed by atoms with Crippen LogP contribution in [-0.2, 0) is 0 Å². The summed E-state index contributed by atoms with van der Waals surface area (Å²) in [5.74, 6) is 0. The third-order valence-electron chi connectivity index (χ3n) is 14.5. The van der Waals surface area contributed by atoms with Crippen molar-refractivity contribution in [3.8, 4) is 11.4 Å². The summed E-state index contributed by atoms with van der Waals surface area (Å²) in [5, 5.41) is 11.3. The monoisotopic (exact) mass is 885 g/mol. The van der Waals surface area contributed by atoms with Gasteiger partial charge in [-0.25, -0.2) is 0 Å². The van der Waals surface area contributed by atoms with Crippen LogP contribution in [0.3, 0.4) is 0 Å². The molecule has 0 amide bonds. The summed E-state index contributed by atoms with van der Waals surface area (Å²) in [6, 6.07) is 82.6. The van der Waals surface area contributed by atoms with Crippen molar-refractivity contribution in [3.63, 3.8) is 0 Å². The van der Waals surface area contributed by atoms with Gasteiger partial charge in [-0.05, 0) is 93.5 Å². The largest absolute Gasteiger partial charge is 0.309 e. The minimum atomic E-state index is -3.21. The van der Waals surface area contributed by atoms with E-state index in [9.17, 15) is 0 Å². The van der Waals surface area contributed by atoms with Gasteiger partial charge in [-0.15, -0.1) is 0 Å². The van der Waals surface area contributed by atoms with Crippen molar-refractivity contribution in [2.45, 2.75) is 0 Å². The molecule has 0 radical (unpaired) electrons. The summed E-state index contributed by atoms with van der Waals surface area (Å²) in [5.41, 5.74) is 7.98. The van der Waals surface area contributed by atoms with E-state index in [2.05, 4.69) is 250 Å². The Morgan fingerprint density at radius 3 is 0.941 bits per heavy atom. The summed E-state index contributed by atoms with van der Waals surface area (Å²) in [7, 11) is -3.21. The maximum absolute atomic E-state index is 15.8. The van der Waals surface area contributed by atoms with Crippen LogP contribution in [0.25, 0.3) is 93.1 Å². The molecule has 14 aromatic rings. The predicted octanol–water partition coefficient (Wildman–Crippen LogP) is 11.1. The Morgan fingerprint density at radius 1 is 0.265 bits per heavy atom. The number of hydrogen-bond donors (Lipinski definition) is 0. The molecule has 6 heteroatoms. The van der Waals surface area contributed by atoms with E-state index in [1.54, 1.807) is 0 Å². The van der Waals surface area contributed by atoms with E-state index in [0.29, 0.717) is 27.1 Å². The SMILES string of the molecule is O=c1c2cc(-n3c4ccccc4c4ccccc43)ccc2n2c3ccc(-n4c5ccccc5c5ccccc54)cc3c(=O)c3cc([Si](c4ccccc4)(c4ccccc4)c4ccccc4)cc1c32. The van der Waals surface area contributed by atoms with Gasteiger partial charge in [0.15, 0.2) is 18.9 Å². The fourth-order valence-corrected chi connectivity index (χ4v) is 16.4. The molecule has 0 fully saturated rings. The fourth-order valence-electron chi connectivity index (χ4n) is 11.6. The van der Waals surface area contributed by atoms with Gasteiger partial charge < -0.3 is 13.5 Å². The first-order valence-electron chi connectivity index (χ1n) is 23.1. The van der Waals surface area contributed by atoms with Gasteiger partial charge in [0.2, 0.25) is 0 Å². The third kappa shape index (κ3) is 5.26. The van der Waals surface area contributed by atoms with E-state index in [4.69, 9.17) is 0 Å². The summed E-state index contributed by atoms with van der Waals surface area (Å²) in [6.45, 7) is 0. The highest BCUT2D eigenvalue weighted by molar-refractivity contribution is 7.20. The Bertz CT molecular complexity index is 4060. The molecule has 4 aromatic heterocycles. The van der Waals surface area contributed by atoms with Gasteiger partial charge in [0.05, 0.1) is 38.6 Å². The van der Waals surface area contributed by atoms with Crippen molar-refractivity contribution in [3.05, 3.63) is 257 Å². The molecule has 5 nitrogen and oxygen atoms in total. The minimum Gasteiger partial charge on any atom is -0.309 e. The average Bonchev–Trinajstić information content (AvgIpc) is 3.93. The standard InChI is InChI=1S/C62H39N3O2Si/c66-61-50-36-40(63-54-28-14-10-24-46(54)47-25-11-15-29-55(47)63)32-34-58(50)65-59-35-33-41(64-56-30-16-12-26-48(56)49-27-13-17-31-57(49)64)37-51(59)62(67)53-39-45(38-52(61)60(53)65)68(42-18-4-1-5-19-42,43-20-6-2-7-21-43)44-22-8-3-9-23-44/h1-39H. The molecular weight excluding hydrogens is 847 g/mol. The molecule has 0 atom stereocenters. The lowest BCUT2D eigenvalue weighted by molar-refractivity contribution is 1.18. The topological polar surface area (TPSA) is 48.4 Å². The highest BCUT2D eigenvalue weighted by Crippen LogP contribution is 2.36. The first-order valence-corrected chi connectivity index (χ1v) is 25.1. The van der Waals surface area contributed by atoms with Gasteiger partial charge in [0.1, 0.15) is 0 Å². The molecule has 0 bridgehead atoms. The molecule has 318 valence electrons. The van der Waals surface area contributed by atoms with Gasteiger partial charge in [0.25, 0.3) is 0 Å². The van der Waals surface area contributed by atoms with Crippen molar-refractivity contribution in [2.24, 2.45) is 0 Å². The number of aromatic nitrogens is 3. The summed E-state index contributed by atoms with van der Waals surface area (Å²) < 4.78 is 6.71. The maximum atomic E-state index is 15.8. The normalized spacial score (nSPS) is 12.2. The quantitative estimate of drug-likeness (QED) is 0.0723. The minimum absolute atomic E-state index is 0.104. The first kappa shape index (κ1) is 38.4. The first-order chi connectivity index (χ1) is 33.6.